The second-order valence-corrected chi connectivity index (χ2v) is 4.05. The molecular formula is C11H16N6. The highest BCUT2D eigenvalue weighted by Gasteiger charge is 2.30. The lowest BCUT2D eigenvalue weighted by Gasteiger charge is -2.22. The lowest BCUT2D eigenvalue weighted by atomic mass is 10.3. The van der Waals surface area contributed by atoms with Gasteiger partial charge >= 0.3 is 0 Å². The molecule has 1 fully saturated rings. The molecule has 0 aliphatic heterocycles. The van der Waals surface area contributed by atoms with Gasteiger partial charge in [-0.1, -0.05) is 0 Å². The van der Waals surface area contributed by atoms with Crippen molar-refractivity contribution in [1.82, 2.24) is 9.97 Å². The van der Waals surface area contributed by atoms with Crippen LogP contribution in [-0.2, 0) is 0 Å². The molecular weight excluding hydrogens is 216 g/mol. The first-order chi connectivity index (χ1) is 8.24. The third-order valence-electron chi connectivity index (χ3n) is 2.73. The predicted molar refractivity (Wildman–Crippen MR) is 66.6 cm³/mol. The number of nitrogens with one attached hydrogen (secondary N) is 1. The summed E-state index contributed by atoms with van der Waals surface area (Å²) < 4.78 is 0. The quantitative estimate of drug-likeness (QED) is 0.786. The Morgan fingerprint density at radius 1 is 1.59 bits per heavy atom. The number of nitrogens with zero attached hydrogens (tertiary/aromatic N) is 4. The average Bonchev–Trinajstić information content (AvgIpc) is 3.13. The number of aromatic nitrogens is 2. The molecule has 0 bridgehead atoms. The van der Waals surface area contributed by atoms with Gasteiger partial charge in [0.1, 0.15) is 11.6 Å². The third kappa shape index (κ3) is 2.75. The highest BCUT2D eigenvalue weighted by atomic mass is 15.3. The maximum absolute atomic E-state index is 8.67. The van der Waals surface area contributed by atoms with Crippen LogP contribution in [0, 0.1) is 11.3 Å². The van der Waals surface area contributed by atoms with Gasteiger partial charge in [-0.05, 0) is 12.8 Å². The van der Waals surface area contributed by atoms with Crippen LogP contribution in [-0.4, -0.2) is 29.6 Å². The maximum Gasteiger partial charge on any atom is 0.223 e. The van der Waals surface area contributed by atoms with Gasteiger partial charge in [0.15, 0.2) is 0 Å². The van der Waals surface area contributed by atoms with Crippen LogP contribution in [0.4, 0.5) is 17.6 Å². The summed E-state index contributed by atoms with van der Waals surface area (Å²) in [5.74, 6) is 1.77. The largest absolute Gasteiger partial charge is 0.373 e. The smallest absolute Gasteiger partial charge is 0.223 e. The molecule has 1 aliphatic rings. The molecule has 17 heavy (non-hydrogen) atoms. The average molecular weight is 232 g/mol. The summed E-state index contributed by atoms with van der Waals surface area (Å²) in [6.07, 6.45) is 2.81. The Morgan fingerprint density at radius 2 is 2.35 bits per heavy atom. The fourth-order valence-electron chi connectivity index (χ4n) is 1.77. The topological polar surface area (TPSA) is 90.9 Å². The van der Waals surface area contributed by atoms with Crippen molar-refractivity contribution in [2.45, 2.75) is 25.3 Å². The number of hydrogen-bond donors (Lipinski definition) is 2. The van der Waals surface area contributed by atoms with Crippen molar-refractivity contribution in [1.29, 1.82) is 5.26 Å². The minimum atomic E-state index is 0.259. The first-order valence-electron chi connectivity index (χ1n) is 5.70. The van der Waals surface area contributed by atoms with E-state index in [4.69, 9.17) is 11.0 Å². The summed E-state index contributed by atoms with van der Waals surface area (Å²) in [4.78, 5) is 10.4. The summed E-state index contributed by atoms with van der Waals surface area (Å²) in [7, 11) is 1.79. The number of nitriles is 1. The van der Waals surface area contributed by atoms with Gasteiger partial charge in [0, 0.05) is 25.7 Å². The lowest BCUT2D eigenvalue weighted by Crippen LogP contribution is -2.28. The molecule has 1 aromatic rings. The Balaban J connectivity index is 2.22. The SMILES string of the molecule is CNc1cc(N(CCC#N)C2CC2)nc(N)n1. The molecule has 0 amide bonds. The van der Waals surface area contributed by atoms with Gasteiger partial charge in [0.2, 0.25) is 5.95 Å². The fraction of sp³-hybridized carbons (Fsp3) is 0.545. The van der Waals surface area contributed by atoms with Crippen molar-refractivity contribution in [2.24, 2.45) is 0 Å². The fourth-order valence-corrected chi connectivity index (χ4v) is 1.77. The lowest BCUT2D eigenvalue weighted by molar-refractivity contribution is 0.777. The normalized spacial score (nSPS) is 14.1. The van der Waals surface area contributed by atoms with E-state index in [1.165, 1.54) is 0 Å². The van der Waals surface area contributed by atoms with E-state index in [0.717, 1.165) is 18.7 Å². The summed E-state index contributed by atoms with van der Waals surface area (Å²) in [5, 5.41) is 11.6. The molecule has 1 aromatic heterocycles. The maximum atomic E-state index is 8.67. The molecule has 3 N–H and O–H groups in total. The third-order valence-corrected chi connectivity index (χ3v) is 2.73. The summed E-state index contributed by atoms with van der Waals surface area (Å²) >= 11 is 0. The second kappa shape index (κ2) is 4.87. The summed E-state index contributed by atoms with van der Waals surface area (Å²) in [6.45, 7) is 0.695. The van der Waals surface area contributed by atoms with Gasteiger partial charge in [-0.3, -0.25) is 0 Å². The molecule has 90 valence electrons. The van der Waals surface area contributed by atoms with E-state index in [-0.39, 0.29) is 5.95 Å². The van der Waals surface area contributed by atoms with Crippen LogP contribution in [0.1, 0.15) is 19.3 Å². The number of nitrogens with two attached hydrogens (primary N) is 1. The molecule has 1 saturated carbocycles. The molecule has 0 spiro atoms. The van der Waals surface area contributed by atoms with Gasteiger partial charge in [-0.2, -0.15) is 15.2 Å². The standard InChI is InChI=1S/C11H16N6/c1-14-9-7-10(16-11(13)15-9)17(6-2-5-12)8-3-4-8/h7-8H,2-4,6H2,1H3,(H3,13,14,15,16). The number of anilines is 3. The zero-order valence-electron chi connectivity index (χ0n) is 9.85. The van der Waals surface area contributed by atoms with Crippen molar-refractivity contribution < 1.29 is 0 Å². The monoisotopic (exact) mass is 232 g/mol. The molecule has 6 nitrogen and oxygen atoms in total. The van der Waals surface area contributed by atoms with Crippen molar-refractivity contribution >= 4 is 17.6 Å². The van der Waals surface area contributed by atoms with Gasteiger partial charge in [-0.25, -0.2) is 0 Å². The molecule has 0 aromatic carbocycles. The van der Waals surface area contributed by atoms with E-state index >= 15 is 0 Å². The molecule has 6 heteroatoms. The Kier molecular flexibility index (Phi) is 3.28. The molecule has 1 aliphatic carbocycles. The van der Waals surface area contributed by atoms with Crippen LogP contribution in [0.3, 0.4) is 0 Å². The van der Waals surface area contributed by atoms with Crippen LogP contribution in [0.5, 0.6) is 0 Å². The molecule has 0 atom stereocenters. The highest BCUT2D eigenvalue weighted by Crippen LogP contribution is 2.31. The van der Waals surface area contributed by atoms with Crippen LogP contribution in [0.2, 0.25) is 0 Å². The molecule has 2 rings (SSSR count). The molecule has 0 unspecified atom stereocenters. The van der Waals surface area contributed by atoms with E-state index in [2.05, 4.69) is 26.3 Å². The van der Waals surface area contributed by atoms with E-state index in [1.807, 2.05) is 6.07 Å². The first-order valence-corrected chi connectivity index (χ1v) is 5.70. The van der Waals surface area contributed by atoms with Crippen molar-refractivity contribution in [2.75, 3.05) is 29.5 Å². The van der Waals surface area contributed by atoms with E-state index < -0.39 is 0 Å². The molecule has 0 radical (unpaired) electrons. The van der Waals surface area contributed by atoms with Gasteiger partial charge < -0.3 is 16.0 Å². The number of hydrogen-bond acceptors (Lipinski definition) is 6. The van der Waals surface area contributed by atoms with Crippen LogP contribution >= 0.6 is 0 Å². The highest BCUT2D eigenvalue weighted by molar-refractivity contribution is 5.53. The molecule has 0 saturated heterocycles. The first kappa shape index (κ1) is 11.5. The second-order valence-electron chi connectivity index (χ2n) is 4.05. The Hall–Kier alpha value is -2.03. The predicted octanol–water partition coefficient (Wildman–Crippen LogP) is 0.983. The van der Waals surface area contributed by atoms with Crippen LogP contribution in [0.15, 0.2) is 6.07 Å². The zero-order chi connectivity index (χ0) is 12.3. The summed E-state index contributed by atoms with van der Waals surface area (Å²) in [5.41, 5.74) is 5.67. The van der Waals surface area contributed by atoms with E-state index in [9.17, 15) is 0 Å². The molecule has 1 heterocycles. The Bertz CT molecular complexity index is 434. The number of rotatable bonds is 5. The number of nitrogen functional groups attached to an aromatic ring is 1. The van der Waals surface area contributed by atoms with Crippen LogP contribution in [0.25, 0.3) is 0 Å². The zero-order valence-corrected chi connectivity index (χ0v) is 9.85. The van der Waals surface area contributed by atoms with Crippen LogP contribution < -0.4 is 16.0 Å². The summed E-state index contributed by atoms with van der Waals surface area (Å²) in [6, 6.07) is 4.53. The van der Waals surface area contributed by atoms with Crippen molar-refractivity contribution in [3.63, 3.8) is 0 Å². The van der Waals surface area contributed by atoms with Gasteiger partial charge in [0.05, 0.1) is 12.5 Å². The Labute approximate surface area is 100 Å². The van der Waals surface area contributed by atoms with Crippen molar-refractivity contribution in [3.8, 4) is 6.07 Å². The van der Waals surface area contributed by atoms with Gasteiger partial charge in [0.25, 0.3) is 0 Å². The minimum absolute atomic E-state index is 0.259. The van der Waals surface area contributed by atoms with E-state index in [0.29, 0.717) is 24.8 Å². The minimum Gasteiger partial charge on any atom is -0.373 e. The Morgan fingerprint density at radius 3 is 2.94 bits per heavy atom. The van der Waals surface area contributed by atoms with Crippen molar-refractivity contribution in [3.05, 3.63) is 6.07 Å². The van der Waals surface area contributed by atoms with Gasteiger partial charge in [-0.15, -0.1) is 0 Å². The van der Waals surface area contributed by atoms with E-state index in [1.54, 1.807) is 7.05 Å².